The van der Waals surface area contributed by atoms with Crippen molar-refractivity contribution >= 4 is 35.8 Å². The van der Waals surface area contributed by atoms with Crippen molar-refractivity contribution in [1.82, 2.24) is 15.5 Å². The Morgan fingerprint density at radius 3 is 2.61 bits per heavy atom. The average molecular weight is 534 g/mol. The van der Waals surface area contributed by atoms with Crippen molar-refractivity contribution < 1.29 is 4.79 Å². The number of hydrogen-bond acceptors (Lipinski definition) is 2. The van der Waals surface area contributed by atoms with E-state index in [0.717, 1.165) is 44.0 Å². The predicted molar refractivity (Wildman–Crippen MR) is 139 cm³/mol. The molecular weight excluding hydrogens is 499 g/mol. The number of nitrogens with zero attached hydrogens (tertiary/aromatic N) is 2. The molecule has 2 aromatic rings. The highest BCUT2D eigenvalue weighted by Gasteiger charge is 2.30. The first-order valence-corrected chi connectivity index (χ1v) is 11.0. The van der Waals surface area contributed by atoms with Crippen molar-refractivity contribution in [3.63, 3.8) is 0 Å². The second-order valence-corrected chi connectivity index (χ2v) is 7.92. The molecule has 3 rings (SSSR count). The summed E-state index contributed by atoms with van der Waals surface area (Å²) in [6.07, 6.45) is 3.16. The van der Waals surface area contributed by atoms with Crippen LogP contribution in [0, 0.1) is 5.92 Å². The lowest BCUT2D eigenvalue weighted by atomic mass is 9.79. The molecule has 0 saturated carbocycles. The molecule has 0 radical (unpaired) electrons. The highest BCUT2D eigenvalue weighted by Crippen LogP contribution is 2.34. The summed E-state index contributed by atoms with van der Waals surface area (Å²) < 4.78 is 0. The average Bonchev–Trinajstić information content (AvgIpc) is 2.81. The van der Waals surface area contributed by atoms with E-state index in [1.54, 1.807) is 7.05 Å². The third-order valence-electron chi connectivity index (χ3n) is 6.11. The maximum Gasteiger partial charge on any atom is 0.251 e. The normalized spacial score (nSPS) is 18.8. The van der Waals surface area contributed by atoms with Gasteiger partial charge in [0.25, 0.3) is 5.91 Å². The topological polar surface area (TPSA) is 56.7 Å². The lowest BCUT2D eigenvalue weighted by Crippen LogP contribution is -2.48. The van der Waals surface area contributed by atoms with E-state index in [-0.39, 0.29) is 29.9 Å². The Bertz CT molecular complexity index is 856. The maximum absolute atomic E-state index is 11.8. The molecule has 2 unspecified atom stereocenters. The summed E-state index contributed by atoms with van der Waals surface area (Å²) in [5.41, 5.74) is 3.31. The maximum atomic E-state index is 11.8. The molecule has 1 saturated heterocycles. The van der Waals surface area contributed by atoms with Crippen molar-refractivity contribution in [3.8, 4) is 0 Å². The summed E-state index contributed by atoms with van der Waals surface area (Å²) in [5.74, 6) is 2.18. The minimum atomic E-state index is -0.0486. The van der Waals surface area contributed by atoms with Crippen molar-refractivity contribution in [1.29, 1.82) is 0 Å². The quantitative estimate of drug-likeness (QED) is 0.330. The number of amides is 1. The van der Waals surface area contributed by atoms with Gasteiger partial charge < -0.3 is 15.5 Å². The largest absolute Gasteiger partial charge is 0.356 e. The molecule has 2 aromatic carbocycles. The Morgan fingerprint density at radius 1 is 1.16 bits per heavy atom. The van der Waals surface area contributed by atoms with Gasteiger partial charge in [0.05, 0.1) is 0 Å². The molecule has 2 N–H and O–H groups in total. The Morgan fingerprint density at radius 2 is 1.94 bits per heavy atom. The number of hydrogen-bond donors (Lipinski definition) is 2. The van der Waals surface area contributed by atoms with E-state index < -0.39 is 0 Å². The summed E-state index contributed by atoms with van der Waals surface area (Å²) in [4.78, 5) is 18.8. The van der Waals surface area contributed by atoms with Crippen LogP contribution in [0.25, 0.3) is 0 Å². The van der Waals surface area contributed by atoms with Gasteiger partial charge in [-0.3, -0.25) is 9.79 Å². The fourth-order valence-electron chi connectivity index (χ4n) is 4.44. The van der Waals surface area contributed by atoms with Crippen LogP contribution in [-0.4, -0.2) is 50.5 Å². The summed E-state index contributed by atoms with van der Waals surface area (Å²) in [5, 5.41) is 6.20. The van der Waals surface area contributed by atoms with Gasteiger partial charge in [0.1, 0.15) is 0 Å². The molecule has 1 aliphatic heterocycles. The minimum Gasteiger partial charge on any atom is -0.356 e. The lowest BCUT2D eigenvalue weighted by molar-refractivity contribution is 0.0963. The van der Waals surface area contributed by atoms with Crippen LogP contribution in [0.15, 0.2) is 59.6 Å². The molecule has 31 heavy (non-hydrogen) atoms. The van der Waals surface area contributed by atoms with E-state index in [0.29, 0.717) is 17.4 Å². The van der Waals surface area contributed by atoms with Crippen LogP contribution in [0.1, 0.15) is 47.2 Å². The van der Waals surface area contributed by atoms with Gasteiger partial charge in [-0.05, 0) is 47.9 Å². The van der Waals surface area contributed by atoms with Gasteiger partial charge in [0.15, 0.2) is 5.96 Å². The van der Waals surface area contributed by atoms with Gasteiger partial charge in [0, 0.05) is 39.3 Å². The number of piperidine rings is 1. The number of benzene rings is 2. The molecule has 0 aromatic heterocycles. The van der Waals surface area contributed by atoms with Crippen molar-refractivity contribution in [3.05, 3.63) is 71.3 Å². The van der Waals surface area contributed by atoms with Crippen LogP contribution in [-0.2, 0) is 6.42 Å². The number of carbonyl (C=O) groups excluding carboxylic acids is 1. The third kappa shape index (κ3) is 6.69. The number of likely N-dealkylation sites (tertiary alicyclic amines) is 1. The van der Waals surface area contributed by atoms with E-state index in [1.165, 1.54) is 12.0 Å². The smallest absolute Gasteiger partial charge is 0.251 e. The monoisotopic (exact) mass is 534 g/mol. The molecule has 0 spiro atoms. The zero-order valence-electron chi connectivity index (χ0n) is 18.8. The molecule has 0 bridgehead atoms. The van der Waals surface area contributed by atoms with Crippen LogP contribution >= 0.6 is 24.0 Å². The van der Waals surface area contributed by atoms with Gasteiger partial charge >= 0.3 is 0 Å². The van der Waals surface area contributed by atoms with Crippen LogP contribution in [0.5, 0.6) is 0 Å². The van der Waals surface area contributed by atoms with E-state index >= 15 is 0 Å². The zero-order valence-corrected chi connectivity index (χ0v) is 21.1. The van der Waals surface area contributed by atoms with E-state index in [9.17, 15) is 4.79 Å². The molecule has 0 aliphatic carbocycles. The fourth-order valence-corrected chi connectivity index (χ4v) is 4.44. The first-order valence-electron chi connectivity index (χ1n) is 11.0. The van der Waals surface area contributed by atoms with Crippen molar-refractivity contribution in [2.45, 2.75) is 32.1 Å². The minimum absolute atomic E-state index is 0. The summed E-state index contributed by atoms with van der Waals surface area (Å²) >= 11 is 0. The summed E-state index contributed by atoms with van der Waals surface area (Å²) in [6.45, 7) is 5.13. The number of guanidine groups is 1. The molecule has 2 atom stereocenters. The van der Waals surface area contributed by atoms with E-state index in [1.807, 2.05) is 25.2 Å². The second kappa shape index (κ2) is 12.7. The third-order valence-corrected chi connectivity index (χ3v) is 6.11. The van der Waals surface area contributed by atoms with Gasteiger partial charge in [-0.25, -0.2) is 0 Å². The Kier molecular flexibility index (Phi) is 10.3. The first-order chi connectivity index (χ1) is 14.7. The fraction of sp³-hybridized carbons (Fsp3) is 0.440. The van der Waals surface area contributed by atoms with Crippen LogP contribution < -0.4 is 10.6 Å². The summed E-state index contributed by atoms with van der Waals surface area (Å²) in [7, 11) is 3.52. The molecule has 1 heterocycles. The summed E-state index contributed by atoms with van der Waals surface area (Å²) in [6, 6.07) is 18.7. The Balaban J connectivity index is 0.00000341. The molecule has 5 nitrogen and oxygen atoms in total. The molecule has 168 valence electrons. The van der Waals surface area contributed by atoms with Crippen LogP contribution in [0.4, 0.5) is 0 Å². The van der Waals surface area contributed by atoms with E-state index in [4.69, 9.17) is 0 Å². The molecular formula is C25H35IN4O. The SMILES string of the molecule is CCC1CN(C(=NC)NCCc2cccc(C(=O)NC)c2)CCC1c1ccccc1.I. The second-order valence-electron chi connectivity index (χ2n) is 7.92. The van der Waals surface area contributed by atoms with Gasteiger partial charge in [-0.15, -0.1) is 24.0 Å². The number of aliphatic imine (C=N–C) groups is 1. The highest BCUT2D eigenvalue weighted by atomic mass is 127. The molecule has 1 aliphatic rings. The number of halogens is 1. The lowest BCUT2D eigenvalue weighted by Gasteiger charge is -2.40. The van der Waals surface area contributed by atoms with Crippen LogP contribution in [0.2, 0.25) is 0 Å². The number of carbonyl (C=O) groups is 1. The van der Waals surface area contributed by atoms with Crippen LogP contribution in [0.3, 0.4) is 0 Å². The van der Waals surface area contributed by atoms with Gasteiger partial charge in [-0.1, -0.05) is 55.8 Å². The molecule has 1 fully saturated rings. The Labute approximate surface area is 203 Å². The van der Waals surface area contributed by atoms with Gasteiger partial charge in [0.2, 0.25) is 0 Å². The highest BCUT2D eigenvalue weighted by molar-refractivity contribution is 14.0. The predicted octanol–water partition coefficient (Wildman–Crippen LogP) is 4.30. The van der Waals surface area contributed by atoms with Crippen molar-refractivity contribution in [2.75, 3.05) is 33.7 Å². The van der Waals surface area contributed by atoms with Gasteiger partial charge in [-0.2, -0.15) is 0 Å². The number of rotatable bonds is 6. The standard InChI is InChI=1S/C25H34N4O.HI/c1-4-20-18-29(16-14-23(20)21-10-6-5-7-11-21)25(27-3)28-15-13-19-9-8-12-22(17-19)24(30)26-2;/h5-12,17,20,23H,4,13-16,18H2,1-3H3,(H,26,30)(H,27,28);1H. The van der Waals surface area contributed by atoms with E-state index in [2.05, 4.69) is 63.8 Å². The number of nitrogens with one attached hydrogen (secondary N) is 2. The first kappa shape index (κ1) is 25.2. The molecule has 1 amide bonds. The zero-order chi connectivity index (χ0) is 21.3. The molecule has 6 heteroatoms. The van der Waals surface area contributed by atoms with Crippen molar-refractivity contribution in [2.24, 2.45) is 10.9 Å². The Hall–Kier alpha value is -2.09.